The molecule has 0 atom stereocenters. The molecule has 0 N–H and O–H groups in total. The Bertz CT molecular complexity index is 1890. The van der Waals surface area contributed by atoms with Gasteiger partial charge in [-0.1, -0.05) is 23.7 Å². The molecule has 14 heteroatoms. The van der Waals surface area contributed by atoms with Crippen LogP contribution in [0.3, 0.4) is 0 Å². The molecule has 1 saturated heterocycles. The fraction of sp³-hybridized carbons (Fsp3) is 0.310. The fourth-order valence-electron chi connectivity index (χ4n) is 5.21. The van der Waals surface area contributed by atoms with Gasteiger partial charge < -0.3 is 19.1 Å². The van der Waals surface area contributed by atoms with Gasteiger partial charge in [0.15, 0.2) is 0 Å². The number of ether oxygens (including phenoxy) is 1. The Balaban J connectivity index is 1.43. The standard InChI is InChI=1S/C29H26ClF3N6O3S/c1-36(13-14-38-11-3-4-12-38)27-34-20-15-19(9-10-22(20)37(27)2)39-25(40)24-21(35-28(39)42-26(41)29(31,32)33)16-23(43-24)17-5-7-18(30)8-6-17/h5-10,15-16H,3-4,11-14H2,1-2H3. The molecule has 1 aliphatic heterocycles. The molecular formula is C29H26ClF3N6O3S. The van der Waals surface area contributed by atoms with Crippen molar-refractivity contribution in [3.63, 3.8) is 0 Å². The molecule has 9 nitrogen and oxygen atoms in total. The molecule has 0 radical (unpaired) electrons. The molecule has 1 aliphatic rings. The fourth-order valence-corrected chi connectivity index (χ4v) is 6.36. The zero-order valence-corrected chi connectivity index (χ0v) is 24.8. The molecule has 0 unspecified atom stereocenters. The molecule has 0 aliphatic carbocycles. The third-order valence-corrected chi connectivity index (χ3v) is 8.87. The summed E-state index contributed by atoms with van der Waals surface area (Å²) in [4.78, 5) is 39.7. The first-order valence-corrected chi connectivity index (χ1v) is 14.7. The zero-order chi connectivity index (χ0) is 30.5. The highest BCUT2D eigenvalue weighted by atomic mass is 35.5. The topological polar surface area (TPSA) is 85.5 Å². The Hall–Kier alpha value is -3.94. The summed E-state index contributed by atoms with van der Waals surface area (Å²) in [6.07, 6.45) is -2.89. The lowest BCUT2D eigenvalue weighted by Crippen LogP contribution is -2.32. The van der Waals surface area contributed by atoms with Crippen LogP contribution >= 0.6 is 22.9 Å². The average molecular weight is 631 g/mol. The summed E-state index contributed by atoms with van der Waals surface area (Å²) in [5.41, 5.74) is 1.58. The molecule has 6 rings (SSSR count). The molecule has 1 fully saturated rings. The Morgan fingerprint density at radius 1 is 1.07 bits per heavy atom. The van der Waals surface area contributed by atoms with Gasteiger partial charge in [0.05, 0.1) is 22.2 Å². The highest BCUT2D eigenvalue weighted by Crippen LogP contribution is 2.34. The molecule has 0 amide bonds. The number of hydrogen-bond donors (Lipinski definition) is 0. The normalized spacial score (nSPS) is 14.2. The van der Waals surface area contributed by atoms with E-state index >= 15 is 0 Å². The van der Waals surface area contributed by atoms with Crippen LogP contribution in [0, 0.1) is 0 Å². The summed E-state index contributed by atoms with van der Waals surface area (Å²) in [6, 6.07) is 12.5. The number of benzene rings is 2. The van der Waals surface area contributed by atoms with Gasteiger partial charge in [-0.15, -0.1) is 11.3 Å². The van der Waals surface area contributed by atoms with Crippen molar-refractivity contribution in [3.8, 4) is 22.1 Å². The third-order valence-electron chi connectivity index (χ3n) is 7.45. The summed E-state index contributed by atoms with van der Waals surface area (Å²) in [7, 11) is 3.82. The highest BCUT2D eigenvalue weighted by molar-refractivity contribution is 7.22. The Labute approximate surface area is 252 Å². The van der Waals surface area contributed by atoms with Gasteiger partial charge in [0.25, 0.3) is 5.56 Å². The van der Waals surface area contributed by atoms with Crippen molar-refractivity contribution in [1.29, 1.82) is 0 Å². The van der Waals surface area contributed by atoms with Crippen LogP contribution in [0.15, 0.2) is 53.3 Å². The van der Waals surface area contributed by atoms with E-state index < -0.39 is 23.7 Å². The molecule has 3 aromatic heterocycles. The van der Waals surface area contributed by atoms with E-state index in [1.807, 2.05) is 23.6 Å². The van der Waals surface area contributed by atoms with Crippen LogP contribution in [-0.2, 0) is 11.8 Å². The Morgan fingerprint density at radius 3 is 2.49 bits per heavy atom. The molecule has 43 heavy (non-hydrogen) atoms. The van der Waals surface area contributed by atoms with Crippen molar-refractivity contribution in [2.24, 2.45) is 7.05 Å². The van der Waals surface area contributed by atoms with Crippen LogP contribution in [0.1, 0.15) is 12.8 Å². The first kappa shape index (κ1) is 29.1. The van der Waals surface area contributed by atoms with E-state index in [-0.39, 0.29) is 15.9 Å². The van der Waals surface area contributed by atoms with Gasteiger partial charge in [-0.2, -0.15) is 18.2 Å². The molecule has 0 saturated carbocycles. The van der Waals surface area contributed by atoms with E-state index in [0.29, 0.717) is 21.4 Å². The number of halogens is 4. The van der Waals surface area contributed by atoms with Crippen molar-refractivity contribution in [1.82, 2.24) is 24.0 Å². The number of likely N-dealkylation sites (N-methyl/N-ethyl adjacent to an activating group) is 1. The maximum atomic E-state index is 13.8. The first-order chi connectivity index (χ1) is 20.5. The monoisotopic (exact) mass is 630 g/mol. The predicted molar refractivity (Wildman–Crippen MR) is 161 cm³/mol. The van der Waals surface area contributed by atoms with Crippen LogP contribution in [0.25, 0.3) is 37.4 Å². The number of carbonyl (C=O) groups is 1. The Kier molecular flexibility index (Phi) is 7.65. The van der Waals surface area contributed by atoms with E-state index in [0.717, 1.165) is 53.2 Å². The maximum absolute atomic E-state index is 13.8. The number of imidazole rings is 1. The number of esters is 1. The summed E-state index contributed by atoms with van der Waals surface area (Å²) in [6.45, 7) is 3.83. The smallest absolute Gasteiger partial charge is 0.385 e. The Morgan fingerprint density at radius 2 is 1.79 bits per heavy atom. The number of aryl methyl sites for hydroxylation is 1. The van der Waals surface area contributed by atoms with E-state index in [2.05, 4.69) is 14.6 Å². The van der Waals surface area contributed by atoms with E-state index in [9.17, 15) is 22.8 Å². The second-order valence-electron chi connectivity index (χ2n) is 10.4. The number of aromatic nitrogens is 4. The van der Waals surface area contributed by atoms with Crippen LogP contribution in [0.4, 0.5) is 19.1 Å². The molecule has 2 aromatic carbocycles. The lowest BCUT2D eigenvalue weighted by atomic mass is 10.2. The van der Waals surface area contributed by atoms with Crippen LogP contribution in [-0.4, -0.2) is 69.4 Å². The van der Waals surface area contributed by atoms with Crippen molar-refractivity contribution in [2.75, 3.05) is 38.1 Å². The van der Waals surface area contributed by atoms with Crippen LogP contribution < -0.4 is 15.2 Å². The number of alkyl halides is 3. The second-order valence-corrected chi connectivity index (χ2v) is 11.9. The molecule has 224 valence electrons. The molecule has 0 bridgehead atoms. The number of thiophene rings is 1. The largest absolute Gasteiger partial charge is 0.491 e. The molecule has 4 heterocycles. The van der Waals surface area contributed by atoms with Gasteiger partial charge >= 0.3 is 18.2 Å². The van der Waals surface area contributed by atoms with Gasteiger partial charge in [0, 0.05) is 37.1 Å². The third kappa shape index (κ3) is 5.71. The highest BCUT2D eigenvalue weighted by Gasteiger charge is 2.42. The minimum atomic E-state index is -5.29. The lowest BCUT2D eigenvalue weighted by Gasteiger charge is -2.22. The van der Waals surface area contributed by atoms with Crippen molar-refractivity contribution in [3.05, 3.63) is 63.9 Å². The number of hydrogen-bond acceptors (Lipinski definition) is 8. The summed E-state index contributed by atoms with van der Waals surface area (Å²) in [5, 5.41) is 0.526. The van der Waals surface area contributed by atoms with Crippen molar-refractivity contribution >= 4 is 56.1 Å². The SMILES string of the molecule is CN(CCN1CCCC1)c1nc2cc(-n3c(OC(=O)C(F)(F)F)nc4cc(-c5ccc(Cl)cc5)sc4c3=O)ccc2n1C. The van der Waals surface area contributed by atoms with Crippen LogP contribution in [0.5, 0.6) is 6.01 Å². The molecule has 5 aromatic rings. The minimum absolute atomic E-state index is 0.0991. The van der Waals surface area contributed by atoms with Crippen LogP contribution in [0.2, 0.25) is 5.02 Å². The number of anilines is 1. The van der Waals surface area contributed by atoms with Crippen molar-refractivity contribution in [2.45, 2.75) is 19.0 Å². The quantitative estimate of drug-likeness (QED) is 0.215. The second kappa shape index (κ2) is 11.3. The number of rotatable bonds is 7. The number of likely N-dealkylation sites (tertiary alicyclic amines) is 1. The van der Waals surface area contributed by atoms with Gasteiger partial charge in [-0.25, -0.2) is 14.3 Å². The average Bonchev–Trinajstić information content (AvgIpc) is 3.71. The lowest BCUT2D eigenvalue weighted by molar-refractivity contribution is -0.190. The van der Waals surface area contributed by atoms with E-state index in [4.69, 9.17) is 16.6 Å². The van der Waals surface area contributed by atoms with E-state index in [1.165, 1.54) is 12.8 Å². The molecule has 0 spiro atoms. The van der Waals surface area contributed by atoms with Gasteiger partial charge in [-0.05, 0) is 67.9 Å². The number of fused-ring (bicyclic) bond motifs is 2. The number of carbonyl (C=O) groups excluding carboxylic acids is 1. The summed E-state index contributed by atoms with van der Waals surface area (Å²) in [5.74, 6) is -1.79. The summed E-state index contributed by atoms with van der Waals surface area (Å²) < 4.78 is 47.3. The molecular weight excluding hydrogens is 605 g/mol. The van der Waals surface area contributed by atoms with Gasteiger partial charge in [0.1, 0.15) is 4.70 Å². The zero-order valence-electron chi connectivity index (χ0n) is 23.2. The summed E-state index contributed by atoms with van der Waals surface area (Å²) >= 11 is 7.12. The van der Waals surface area contributed by atoms with Crippen molar-refractivity contribution < 1.29 is 22.7 Å². The van der Waals surface area contributed by atoms with Gasteiger partial charge in [0.2, 0.25) is 5.95 Å². The minimum Gasteiger partial charge on any atom is -0.385 e. The van der Waals surface area contributed by atoms with E-state index in [1.54, 1.807) is 48.5 Å². The predicted octanol–water partition coefficient (Wildman–Crippen LogP) is 5.65. The maximum Gasteiger partial charge on any atom is 0.491 e. The van der Waals surface area contributed by atoms with Gasteiger partial charge in [-0.3, -0.25) is 4.79 Å². The first-order valence-electron chi connectivity index (χ1n) is 13.5. The number of nitrogens with zero attached hydrogens (tertiary/aromatic N) is 6.